The van der Waals surface area contributed by atoms with Crippen LogP contribution in [0.15, 0.2) is 48.8 Å². The molecule has 3 aliphatic rings. The zero-order valence-corrected chi connectivity index (χ0v) is 19.8. The van der Waals surface area contributed by atoms with Crippen LogP contribution in [0, 0.1) is 0 Å². The number of amides is 2. The van der Waals surface area contributed by atoms with Crippen molar-refractivity contribution in [2.24, 2.45) is 0 Å². The maximum absolute atomic E-state index is 14.1. The minimum atomic E-state index is -0.521. The maximum Gasteiger partial charge on any atom is 0.254 e. The number of hydrogen-bond donors (Lipinski definition) is 0. The van der Waals surface area contributed by atoms with Crippen molar-refractivity contribution in [3.05, 3.63) is 65.5 Å². The first-order valence-corrected chi connectivity index (χ1v) is 11.9. The first-order valence-electron chi connectivity index (χ1n) is 11.9. The lowest BCUT2D eigenvalue weighted by Crippen LogP contribution is -2.77. The van der Waals surface area contributed by atoms with Crippen LogP contribution in [0.1, 0.15) is 41.3 Å². The minimum Gasteiger partial charge on any atom is -0.340 e. The van der Waals surface area contributed by atoms with E-state index in [0.29, 0.717) is 18.7 Å². The molecule has 0 N–H and O–H groups in total. The molecular weight excluding hydrogens is 414 g/mol. The van der Waals surface area contributed by atoms with Crippen molar-refractivity contribution in [3.8, 4) is 0 Å². The molecule has 1 spiro atoms. The Morgan fingerprint density at radius 1 is 1.06 bits per heavy atom. The Morgan fingerprint density at radius 2 is 1.73 bits per heavy atom. The Labute approximate surface area is 196 Å². The number of likely N-dealkylation sites (tertiary alicyclic amines) is 1. The summed E-state index contributed by atoms with van der Waals surface area (Å²) in [5, 5.41) is 0. The van der Waals surface area contributed by atoms with Gasteiger partial charge in [0, 0.05) is 69.8 Å². The number of carbonyl (C=O) groups is 2. The van der Waals surface area contributed by atoms with Gasteiger partial charge in [0.05, 0.1) is 11.5 Å². The van der Waals surface area contributed by atoms with Gasteiger partial charge in [0.2, 0.25) is 5.91 Å². The maximum atomic E-state index is 14.1. The lowest BCUT2D eigenvalue weighted by atomic mass is 9.67. The number of nitrogens with zero attached hydrogens (tertiary/aromatic N) is 5. The van der Waals surface area contributed by atoms with Crippen LogP contribution in [0.2, 0.25) is 0 Å². The van der Waals surface area contributed by atoms with Gasteiger partial charge in [0.15, 0.2) is 0 Å². The van der Waals surface area contributed by atoms with Crippen LogP contribution in [0.5, 0.6) is 0 Å². The summed E-state index contributed by atoms with van der Waals surface area (Å²) in [6.45, 7) is 9.55. The molecular formula is C26H33N5O2. The molecule has 0 radical (unpaired) electrons. The number of benzene rings is 1. The zero-order chi connectivity index (χ0) is 23.2. The average molecular weight is 448 g/mol. The molecule has 1 unspecified atom stereocenters. The van der Waals surface area contributed by atoms with E-state index < -0.39 is 5.54 Å². The summed E-state index contributed by atoms with van der Waals surface area (Å²) in [6, 6.07) is 11.8. The highest BCUT2D eigenvalue weighted by molar-refractivity contribution is 6.02. The Hall–Kier alpha value is -2.77. The highest BCUT2D eigenvalue weighted by Crippen LogP contribution is 2.48. The van der Waals surface area contributed by atoms with Crippen molar-refractivity contribution >= 4 is 11.8 Å². The molecule has 2 fully saturated rings. The first-order chi connectivity index (χ1) is 15.9. The van der Waals surface area contributed by atoms with Crippen LogP contribution in [0.25, 0.3) is 0 Å². The predicted octanol–water partition coefficient (Wildman–Crippen LogP) is 2.06. The zero-order valence-electron chi connectivity index (χ0n) is 19.8. The molecule has 33 heavy (non-hydrogen) atoms. The van der Waals surface area contributed by atoms with Gasteiger partial charge in [-0.15, -0.1) is 0 Å². The highest BCUT2D eigenvalue weighted by Gasteiger charge is 2.61. The summed E-state index contributed by atoms with van der Waals surface area (Å²) in [5.41, 5.74) is 2.25. The highest BCUT2D eigenvalue weighted by atomic mass is 16.2. The number of carbonyl (C=O) groups excluding carboxylic acids is 2. The predicted molar refractivity (Wildman–Crippen MR) is 127 cm³/mol. The number of pyridine rings is 1. The van der Waals surface area contributed by atoms with Gasteiger partial charge in [0.1, 0.15) is 0 Å². The number of aromatic nitrogens is 1. The van der Waals surface area contributed by atoms with Gasteiger partial charge in [-0.3, -0.25) is 19.5 Å². The third-order valence-corrected chi connectivity index (χ3v) is 7.47. The van der Waals surface area contributed by atoms with Crippen molar-refractivity contribution < 1.29 is 9.59 Å². The van der Waals surface area contributed by atoms with Crippen molar-refractivity contribution in [2.75, 3.05) is 46.3 Å². The van der Waals surface area contributed by atoms with Gasteiger partial charge in [-0.25, -0.2) is 0 Å². The fraction of sp³-hybridized carbons (Fsp3) is 0.500. The normalized spacial score (nSPS) is 23.0. The number of piperazine rings is 1. The lowest BCUT2D eigenvalue weighted by Gasteiger charge is -2.62. The standard InChI is InChI=1S/C26H33N5O2/c1-19(2)31-24(32)22-7-5-4-6-21(22)23(25(33)30-14-12-28(3)13-15-30)26(31)17-29(18-26)16-20-8-10-27-11-9-20/h4-11,19,23H,12-18H2,1-3H3. The van der Waals surface area contributed by atoms with Gasteiger partial charge in [-0.05, 0) is 50.2 Å². The molecule has 5 rings (SSSR count). The number of fused-ring (bicyclic) bond motifs is 1. The molecule has 3 aliphatic heterocycles. The summed E-state index contributed by atoms with van der Waals surface area (Å²) < 4.78 is 0. The van der Waals surface area contributed by atoms with E-state index in [1.807, 2.05) is 58.6 Å². The second-order valence-corrected chi connectivity index (χ2v) is 10.0. The molecule has 4 heterocycles. The second kappa shape index (κ2) is 8.54. The van der Waals surface area contributed by atoms with Crippen molar-refractivity contribution in [3.63, 3.8) is 0 Å². The van der Waals surface area contributed by atoms with E-state index in [0.717, 1.165) is 38.3 Å². The second-order valence-electron chi connectivity index (χ2n) is 10.0. The van der Waals surface area contributed by atoms with E-state index in [4.69, 9.17) is 0 Å². The van der Waals surface area contributed by atoms with Gasteiger partial charge in [0.25, 0.3) is 5.91 Å². The largest absolute Gasteiger partial charge is 0.340 e. The summed E-state index contributed by atoms with van der Waals surface area (Å²) in [7, 11) is 2.10. The molecule has 2 aromatic rings. The average Bonchev–Trinajstić information content (AvgIpc) is 2.79. The molecule has 7 heteroatoms. The third-order valence-electron chi connectivity index (χ3n) is 7.47. The van der Waals surface area contributed by atoms with Gasteiger partial charge in [-0.2, -0.15) is 0 Å². The molecule has 0 aliphatic carbocycles. The number of hydrogen-bond acceptors (Lipinski definition) is 5. The van der Waals surface area contributed by atoms with Crippen LogP contribution < -0.4 is 0 Å². The smallest absolute Gasteiger partial charge is 0.254 e. The van der Waals surface area contributed by atoms with Crippen molar-refractivity contribution in [2.45, 2.75) is 37.9 Å². The molecule has 1 aromatic carbocycles. The Morgan fingerprint density at radius 3 is 2.39 bits per heavy atom. The van der Waals surface area contributed by atoms with E-state index in [9.17, 15) is 9.59 Å². The Kier molecular flexibility index (Phi) is 5.70. The number of likely N-dealkylation sites (N-methyl/N-ethyl adjacent to an activating group) is 1. The topological polar surface area (TPSA) is 60.0 Å². The molecule has 2 saturated heterocycles. The molecule has 7 nitrogen and oxygen atoms in total. The first kappa shape index (κ1) is 22.0. The van der Waals surface area contributed by atoms with E-state index in [1.165, 1.54) is 5.56 Å². The van der Waals surface area contributed by atoms with Crippen LogP contribution >= 0.6 is 0 Å². The molecule has 1 aromatic heterocycles. The van der Waals surface area contributed by atoms with Crippen LogP contribution in [-0.4, -0.2) is 94.3 Å². The Bertz CT molecular complexity index is 1030. The van der Waals surface area contributed by atoms with Crippen molar-refractivity contribution in [1.82, 2.24) is 24.6 Å². The summed E-state index contributed by atoms with van der Waals surface area (Å²) in [6.07, 6.45) is 3.62. The summed E-state index contributed by atoms with van der Waals surface area (Å²) in [4.78, 5) is 40.6. The molecule has 1 atom stereocenters. The van der Waals surface area contributed by atoms with Gasteiger partial charge >= 0.3 is 0 Å². The van der Waals surface area contributed by atoms with E-state index >= 15 is 0 Å². The van der Waals surface area contributed by atoms with Crippen LogP contribution in [0.4, 0.5) is 0 Å². The fourth-order valence-electron chi connectivity index (χ4n) is 5.95. The van der Waals surface area contributed by atoms with Gasteiger partial charge < -0.3 is 14.7 Å². The Balaban J connectivity index is 1.52. The van der Waals surface area contributed by atoms with Gasteiger partial charge in [-0.1, -0.05) is 18.2 Å². The van der Waals surface area contributed by atoms with Crippen LogP contribution in [0.3, 0.4) is 0 Å². The fourth-order valence-corrected chi connectivity index (χ4v) is 5.95. The molecule has 0 bridgehead atoms. The molecule has 0 saturated carbocycles. The quantitative estimate of drug-likeness (QED) is 0.718. The monoisotopic (exact) mass is 447 g/mol. The van der Waals surface area contributed by atoms with E-state index in [1.54, 1.807) is 0 Å². The summed E-state index contributed by atoms with van der Waals surface area (Å²) >= 11 is 0. The van der Waals surface area contributed by atoms with E-state index in [-0.39, 0.29) is 23.8 Å². The molecule has 2 amide bonds. The summed E-state index contributed by atoms with van der Waals surface area (Å²) in [5.74, 6) is -0.130. The van der Waals surface area contributed by atoms with Crippen molar-refractivity contribution in [1.29, 1.82) is 0 Å². The minimum absolute atomic E-state index is 0.0109. The molecule has 174 valence electrons. The van der Waals surface area contributed by atoms with Crippen LogP contribution in [-0.2, 0) is 11.3 Å². The third kappa shape index (κ3) is 3.73. The van der Waals surface area contributed by atoms with E-state index in [2.05, 4.69) is 35.7 Å². The lowest BCUT2D eigenvalue weighted by molar-refractivity contribution is -0.146. The number of rotatable bonds is 4. The SMILES string of the molecule is CC(C)N1C(=O)c2ccccc2C(C(=O)N2CCN(C)CC2)C12CN(Cc1ccncc1)C2.